The quantitative estimate of drug-likeness (QED) is 0.104. The number of amidine groups is 1. The molecule has 0 unspecified atom stereocenters. The van der Waals surface area contributed by atoms with Crippen molar-refractivity contribution in [1.29, 1.82) is 0 Å². The highest BCUT2D eigenvalue weighted by molar-refractivity contribution is 7.86. The molecule has 11 heteroatoms. The molecule has 1 aromatic rings. The van der Waals surface area contributed by atoms with E-state index in [1.807, 2.05) is 4.90 Å². The van der Waals surface area contributed by atoms with Crippen molar-refractivity contribution < 1.29 is 27.6 Å². The molecule has 0 bridgehead atoms. The van der Waals surface area contributed by atoms with Gasteiger partial charge >= 0.3 is 0 Å². The summed E-state index contributed by atoms with van der Waals surface area (Å²) in [5.41, 5.74) is 0.260. The van der Waals surface area contributed by atoms with Crippen LogP contribution in [0.25, 0.3) is 0 Å². The Bertz CT molecular complexity index is 942. The largest absolute Gasteiger partial charge is 0.512 e. The number of ether oxygens (including phenoxy) is 1. The molecule has 1 aromatic carbocycles. The van der Waals surface area contributed by atoms with Crippen LogP contribution in [-0.2, 0) is 19.6 Å². The van der Waals surface area contributed by atoms with Gasteiger partial charge in [-0.05, 0) is 37.3 Å². The molecule has 1 aliphatic rings. The van der Waals surface area contributed by atoms with Crippen molar-refractivity contribution in [1.82, 2.24) is 4.90 Å². The number of aliphatic hydroxyl groups is 1. The van der Waals surface area contributed by atoms with Gasteiger partial charge in [-0.2, -0.15) is 8.42 Å². The molecule has 1 fully saturated rings. The summed E-state index contributed by atoms with van der Waals surface area (Å²) in [6.45, 7) is 3.75. The first kappa shape index (κ1) is 22.9. The predicted octanol–water partition coefficient (Wildman–Crippen LogP) is 1.88. The molecule has 29 heavy (non-hydrogen) atoms. The first-order valence-corrected chi connectivity index (χ1v) is 10.5. The van der Waals surface area contributed by atoms with Crippen molar-refractivity contribution in [2.24, 2.45) is 4.99 Å². The number of rotatable bonds is 5. The van der Waals surface area contributed by atoms with Crippen LogP contribution in [0.4, 0.5) is 5.69 Å². The van der Waals surface area contributed by atoms with Crippen molar-refractivity contribution in [3.8, 4) is 0 Å². The predicted molar refractivity (Wildman–Crippen MR) is 113 cm³/mol. The highest BCUT2D eigenvalue weighted by Gasteiger charge is 2.19. The summed E-state index contributed by atoms with van der Waals surface area (Å²) in [6.07, 6.45) is 1.41. The minimum atomic E-state index is -4.33. The Balaban J connectivity index is 2.21. The van der Waals surface area contributed by atoms with Crippen LogP contribution in [-0.4, -0.2) is 68.1 Å². The van der Waals surface area contributed by atoms with Gasteiger partial charge < -0.3 is 20.1 Å². The summed E-state index contributed by atoms with van der Waals surface area (Å²) in [7, 11) is -2.71. The molecule has 0 atom stereocenters. The van der Waals surface area contributed by atoms with E-state index in [0.717, 1.165) is 12.1 Å². The van der Waals surface area contributed by atoms with Crippen LogP contribution in [0.3, 0.4) is 0 Å². The highest BCUT2D eigenvalue weighted by atomic mass is 32.2. The number of carbonyl (C=O) groups excluding carboxylic acids is 1. The lowest BCUT2D eigenvalue weighted by atomic mass is 10.1. The summed E-state index contributed by atoms with van der Waals surface area (Å²) >= 11 is 4.44. The molecule has 2 rings (SSSR count). The number of hydrogen-bond acceptors (Lipinski definition) is 7. The van der Waals surface area contributed by atoms with Crippen LogP contribution in [0.15, 0.2) is 56.5 Å². The number of anilines is 1. The summed E-state index contributed by atoms with van der Waals surface area (Å²) in [6, 6.07) is 4.95. The molecule has 158 valence electrons. The van der Waals surface area contributed by atoms with E-state index in [9.17, 15) is 18.3 Å². The van der Waals surface area contributed by atoms with Crippen LogP contribution in [0.5, 0.6) is 0 Å². The lowest BCUT2D eigenvalue weighted by Gasteiger charge is -2.29. The minimum absolute atomic E-state index is 0.0248. The second kappa shape index (κ2) is 9.92. The Morgan fingerprint density at radius 3 is 2.34 bits per heavy atom. The summed E-state index contributed by atoms with van der Waals surface area (Å²) in [5, 5.41) is 12.5. The second-order valence-corrected chi connectivity index (χ2v) is 8.03. The normalized spacial score (nSPS) is 17.0. The van der Waals surface area contributed by atoms with Gasteiger partial charge in [0, 0.05) is 30.7 Å². The van der Waals surface area contributed by atoms with E-state index in [1.165, 1.54) is 25.1 Å². The Morgan fingerprint density at radius 1 is 1.28 bits per heavy atom. The van der Waals surface area contributed by atoms with E-state index in [0.29, 0.717) is 37.0 Å². The average Bonchev–Trinajstić information content (AvgIpc) is 2.67. The number of hydrogen-bond donors (Lipinski definition) is 4. The standard InChI is InChI=1S/C18H23N3O6S2/c1-12(22)15(11-16(28)17(19-2)21-7-9-27-10-8-21)18(23)20-13-3-5-14(6-4-13)29(24,25)26/h3-6,11,22,28H,7-10H2,1-2H3,(H,20,23)(H,24,25,26). The first-order chi connectivity index (χ1) is 13.6. The topological polar surface area (TPSA) is 129 Å². The van der Waals surface area contributed by atoms with Gasteiger partial charge in [0.25, 0.3) is 16.0 Å². The van der Waals surface area contributed by atoms with Crippen LogP contribution in [0, 0.1) is 0 Å². The van der Waals surface area contributed by atoms with E-state index in [-0.39, 0.29) is 21.9 Å². The second-order valence-electron chi connectivity index (χ2n) is 6.13. The fourth-order valence-corrected chi connectivity index (χ4v) is 3.49. The van der Waals surface area contributed by atoms with E-state index in [1.54, 1.807) is 7.05 Å². The fraction of sp³-hybridized carbons (Fsp3) is 0.333. The van der Waals surface area contributed by atoms with Crippen LogP contribution >= 0.6 is 12.6 Å². The smallest absolute Gasteiger partial charge is 0.294 e. The third kappa shape index (κ3) is 6.32. The number of carbonyl (C=O) groups is 1. The Morgan fingerprint density at radius 2 is 1.86 bits per heavy atom. The lowest BCUT2D eigenvalue weighted by Crippen LogP contribution is -2.41. The zero-order chi connectivity index (χ0) is 21.6. The van der Waals surface area contributed by atoms with Crippen LogP contribution in [0.2, 0.25) is 0 Å². The summed E-state index contributed by atoms with van der Waals surface area (Å²) in [5.74, 6) is -0.268. The Hall–Kier alpha value is -2.34. The molecule has 0 aliphatic carbocycles. The third-order valence-corrected chi connectivity index (χ3v) is 5.27. The van der Waals surface area contributed by atoms with Crippen molar-refractivity contribution in [2.75, 3.05) is 38.7 Å². The molecular formula is C18H23N3O6S2. The molecule has 0 radical (unpaired) electrons. The molecular weight excluding hydrogens is 418 g/mol. The first-order valence-electron chi connectivity index (χ1n) is 8.62. The molecule has 1 saturated heterocycles. The number of aliphatic imine (C=N–C) groups is 1. The number of morpholine rings is 1. The van der Waals surface area contributed by atoms with Crippen LogP contribution < -0.4 is 5.32 Å². The van der Waals surface area contributed by atoms with E-state index in [4.69, 9.17) is 9.29 Å². The van der Waals surface area contributed by atoms with Gasteiger partial charge in [-0.1, -0.05) is 0 Å². The molecule has 3 N–H and O–H groups in total. The summed E-state index contributed by atoms with van der Waals surface area (Å²) in [4.78, 5) is 18.9. The number of allylic oxidation sites excluding steroid dienone is 1. The number of nitrogens with zero attached hydrogens (tertiary/aromatic N) is 2. The molecule has 1 aliphatic heterocycles. The number of benzene rings is 1. The van der Waals surface area contributed by atoms with Gasteiger partial charge in [0.15, 0.2) is 0 Å². The molecule has 1 amide bonds. The van der Waals surface area contributed by atoms with Crippen molar-refractivity contribution in [3.05, 3.63) is 46.6 Å². The van der Waals surface area contributed by atoms with Gasteiger partial charge in [-0.3, -0.25) is 14.3 Å². The zero-order valence-corrected chi connectivity index (χ0v) is 17.7. The van der Waals surface area contributed by atoms with Crippen molar-refractivity contribution in [3.63, 3.8) is 0 Å². The maximum atomic E-state index is 12.6. The maximum absolute atomic E-state index is 12.6. The zero-order valence-electron chi connectivity index (χ0n) is 16.0. The SMILES string of the molecule is CN=C(C(S)=CC(C(=O)Nc1ccc(S(=O)(=O)O)cc1)=C(C)O)N1CCOCC1. The van der Waals surface area contributed by atoms with Gasteiger partial charge in [-0.25, -0.2) is 0 Å². The molecule has 0 aromatic heterocycles. The number of aliphatic hydroxyl groups excluding tert-OH is 1. The molecule has 1 heterocycles. The fourth-order valence-electron chi connectivity index (χ4n) is 2.64. The molecule has 9 nitrogen and oxygen atoms in total. The number of amides is 1. The van der Waals surface area contributed by atoms with Crippen molar-refractivity contribution in [2.45, 2.75) is 11.8 Å². The third-order valence-electron chi connectivity index (χ3n) is 4.08. The van der Waals surface area contributed by atoms with Gasteiger partial charge in [-0.15, -0.1) is 12.6 Å². The molecule has 0 saturated carbocycles. The van der Waals surface area contributed by atoms with Crippen LogP contribution in [0.1, 0.15) is 6.92 Å². The lowest BCUT2D eigenvalue weighted by molar-refractivity contribution is -0.112. The highest BCUT2D eigenvalue weighted by Crippen LogP contribution is 2.18. The van der Waals surface area contributed by atoms with Gasteiger partial charge in [0.2, 0.25) is 0 Å². The Kier molecular flexibility index (Phi) is 7.85. The monoisotopic (exact) mass is 441 g/mol. The number of nitrogens with one attached hydrogen (secondary N) is 1. The average molecular weight is 442 g/mol. The Labute approximate surface area is 174 Å². The summed E-state index contributed by atoms with van der Waals surface area (Å²) < 4.78 is 36.5. The van der Waals surface area contributed by atoms with Gasteiger partial charge in [0.05, 0.1) is 23.7 Å². The van der Waals surface area contributed by atoms with Gasteiger partial charge in [0.1, 0.15) is 11.6 Å². The minimum Gasteiger partial charge on any atom is -0.512 e. The van der Waals surface area contributed by atoms with E-state index < -0.39 is 16.0 Å². The number of thiol groups is 1. The van der Waals surface area contributed by atoms with E-state index >= 15 is 0 Å². The van der Waals surface area contributed by atoms with E-state index in [2.05, 4.69) is 22.9 Å². The van der Waals surface area contributed by atoms with Crippen molar-refractivity contribution >= 4 is 40.2 Å². The molecule has 0 spiro atoms. The maximum Gasteiger partial charge on any atom is 0.294 e.